The second kappa shape index (κ2) is 4.27. The molecule has 0 bridgehead atoms. The van der Waals surface area contributed by atoms with Crippen LogP contribution >= 0.6 is 11.8 Å². The molecule has 0 atom stereocenters. The predicted molar refractivity (Wildman–Crippen MR) is 64.7 cm³/mol. The number of ether oxygens (including phenoxy) is 1. The summed E-state index contributed by atoms with van der Waals surface area (Å²) in [4.78, 5) is 24.7. The molecule has 1 aromatic carbocycles. The first kappa shape index (κ1) is 11.0. The molecule has 0 aliphatic carbocycles. The van der Waals surface area contributed by atoms with Crippen LogP contribution in [0.15, 0.2) is 17.0 Å². The second-order valence-corrected chi connectivity index (χ2v) is 5.39. The normalized spacial score (nSPS) is 19.5. The third-order valence-electron chi connectivity index (χ3n) is 3.12. The van der Waals surface area contributed by atoms with E-state index in [0.29, 0.717) is 26.1 Å². The molecule has 0 amide bonds. The molecule has 2 heterocycles. The zero-order valence-corrected chi connectivity index (χ0v) is 10.1. The van der Waals surface area contributed by atoms with Gasteiger partial charge in [-0.2, -0.15) is 0 Å². The highest BCUT2D eigenvalue weighted by atomic mass is 32.2. The van der Waals surface area contributed by atoms with Crippen LogP contribution < -0.4 is 0 Å². The van der Waals surface area contributed by atoms with Crippen LogP contribution in [0.25, 0.3) is 0 Å². The number of hydrogen-bond acceptors (Lipinski definition) is 4. The number of hydrogen-bond donors (Lipinski definition) is 0. The van der Waals surface area contributed by atoms with Gasteiger partial charge in [0, 0.05) is 34.6 Å². The van der Waals surface area contributed by atoms with Crippen molar-refractivity contribution in [3.8, 4) is 0 Å². The first-order valence-corrected chi connectivity index (χ1v) is 6.68. The van der Waals surface area contributed by atoms with Crippen LogP contribution in [0.5, 0.6) is 0 Å². The molecule has 0 N–H and O–H groups in total. The molecule has 2 aliphatic heterocycles. The summed E-state index contributed by atoms with van der Waals surface area (Å²) in [5.41, 5.74) is 2.36. The minimum absolute atomic E-state index is 0.124. The van der Waals surface area contributed by atoms with E-state index < -0.39 is 0 Å². The summed E-state index contributed by atoms with van der Waals surface area (Å²) in [5.74, 6) is 1.12. The van der Waals surface area contributed by atoms with Crippen LogP contribution in [-0.4, -0.2) is 23.9 Å². The van der Waals surface area contributed by atoms with Crippen molar-refractivity contribution >= 4 is 23.3 Å². The highest BCUT2D eigenvalue weighted by Crippen LogP contribution is 2.33. The summed E-state index contributed by atoms with van der Waals surface area (Å²) in [7, 11) is 0. The van der Waals surface area contributed by atoms with E-state index in [9.17, 15) is 9.59 Å². The summed E-state index contributed by atoms with van der Waals surface area (Å²) in [6.45, 7) is 0.908. The van der Waals surface area contributed by atoms with E-state index in [2.05, 4.69) is 0 Å². The van der Waals surface area contributed by atoms with Crippen molar-refractivity contribution in [2.24, 2.45) is 0 Å². The van der Waals surface area contributed by atoms with Gasteiger partial charge in [-0.15, -0.1) is 11.8 Å². The maximum absolute atomic E-state index is 11.9. The van der Waals surface area contributed by atoms with Gasteiger partial charge in [0.1, 0.15) is 0 Å². The second-order valence-electron chi connectivity index (χ2n) is 4.25. The van der Waals surface area contributed by atoms with Crippen LogP contribution in [0.4, 0.5) is 0 Å². The van der Waals surface area contributed by atoms with Gasteiger partial charge in [0.05, 0.1) is 13.2 Å². The number of ketones is 2. The maximum Gasteiger partial charge on any atom is 0.165 e. The molecule has 88 valence electrons. The molecule has 0 aromatic heterocycles. The van der Waals surface area contributed by atoms with Gasteiger partial charge >= 0.3 is 0 Å². The van der Waals surface area contributed by atoms with Gasteiger partial charge in [0.2, 0.25) is 0 Å². The summed E-state index contributed by atoms with van der Waals surface area (Å²) in [6.07, 6.45) is 1.02. The van der Waals surface area contributed by atoms with Crippen molar-refractivity contribution < 1.29 is 14.3 Å². The van der Waals surface area contributed by atoms with Crippen molar-refractivity contribution in [2.45, 2.75) is 24.3 Å². The van der Waals surface area contributed by atoms with E-state index in [1.807, 2.05) is 12.1 Å². The van der Waals surface area contributed by atoms with Crippen LogP contribution in [0, 0.1) is 0 Å². The Morgan fingerprint density at radius 2 is 1.88 bits per heavy atom. The lowest BCUT2D eigenvalue weighted by Gasteiger charge is -2.16. The SMILES string of the molecule is O=C1CCOCc2cc3c(cc21)SCCC3=O. The number of fused-ring (bicyclic) bond motifs is 2. The van der Waals surface area contributed by atoms with Gasteiger partial charge in [-0.25, -0.2) is 0 Å². The number of Topliss-reactive ketones (excluding diaryl/α,β-unsaturated/α-hetero) is 2. The molecule has 0 radical (unpaired) electrons. The molecule has 3 rings (SSSR count). The fourth-order valence-electron chi connectivity index (χ4n) is 2.21. The Hall–Kier alpha value is -1.13. The van der Waals surface area contributed by atoms with Gasteiger partial charge in [0.15, 0.2) is 11.6 Å². The molecule has 0 saturated heterocycles. The van der Waals surface area contributed by atoms with E-state index in [1.165, 1.54) is 0 Å². The lowest BCUT2D eigenvalue weighted by atomic mass is 9.97. The zero-order chi connectivity index (χ0) is 11.8. The highest BCUT2D eigenvalue weighted by molar-refractivity contribution is 7.99. The Kier molecular flexibility index (Phi) is 2.76. The minimum atomic E-state index is 0.124. The fraction of sp³-hybridized carbons (Fsp3) is 0.385. The number of thioether (sulfide) groups is 1. The van der Waals surface area contributed by atoms with Crippen LogP contribution in [0.2, 0.25) is 0 Å². The quantitative estimate of drug-likeness (QED) is 0.707. The van der Waals surface area contributed by atoms with Gasteiger partial charge in [0.25, 0.3) is 0 Å². The smallest absolute Gasteiger partial charge is 0.165 e. The van der Waals surface area contributed by atoms with Crippen molar-refractivity contribution in [3.63, 3.8) is 0 Å². The zero-order valence-electron chi connectivity index (χ0n) is 9.32. The third kappa shape index (κ3) is 1.91. The van der Waals surface area contributed by atoms with Gasteiger partial charge in [-0.1, -0.05) is 0 Å². The summed E-state index contributed by atoms with van der Waals surface area (Å²) in [6, 6.07) is 3.73. The molecule has 0 unspecified atom stereocenters. The van der Waals surface area contributed by atoms with Crippen molar-refractivity contribution in [2.75, 3.05) is 12.4 Å². The summed E-state index contributed by atoms with van der Waals surface area (Å²) in [5, 5.41) is 0. The number of benzene rings is 1. The Balaban J connectivity index is 2.15. The van der Waals surface area contributed by atoms with E-state index in [-0.39, 0.29) is 11.6 Å². The Morgan fingerprint density at radius 1 is 1.06 bits per heavy atom. The number of carbonyl (C=O) groups is 2. The molecule has 2 aliphatic rings. The Morgan fingerprint density at radius 3 is 2.76 bits per heavy atom. The topological polar surface area (TPSA) is 43.4 Å². The van der Waals surface area contributed by atoms with E-state index >= 15 is 0 Å². The van der Waals surface area contributed by atoms with Gasteiger partial charge in [-0.05, 0) is 17.7 Å². The van der Waals surface area contributed by atoms with Crippen LogP contribution in [0.1, 0.15) is 39.1 Å². The molecule has 3 nitrogen and oxygen atoms in total. The fourth-order valence-corrected chi connectivity index (χ4v) is 3.25. The van der Waals surface area contributed by atoms with E-state index in [4.69, 9.17) is 4.74 Å². The first-order chi connectivity index (χ1) is 8.25. The molecule has 0 spiro atoms. The predicted octanol–water partition coefficient (Wildman–Crippen LogP) is 2.47. The van der Waals surface area contributed by atoms with Crippen molar-refractivity contribution in [1.29, 1.82) is 0 Å². The monoisotopic (exact) mass is 248 g/mol. The average Bonchev–Trinajstić information content (AvgIpc) is 2.51. The molecule has 0 saturated carbocycles. The summed E-state index contributed by atoms with van der Waals surface area (Å²) >= 11 is 1.66. The number of rotatable bonds is 0. The molecule has 0 fully saturated rings. The lowest BCUT2D eigenvalue weighted by molar-refractivity contribution is 0.0898. The van der Waals surface area contributed by atoms with Crippen molar-refractivity contribution in [3.05, 3.63) is 28.8 Å². The van der Waals surface area contributed by atoms with E-state index in [0.717, 1.165) is 27.3 Å². The first-order valence-electron chi connectivity index (χ1n) is 5.69. The molecular formula is C13H12O3S. The molecule has 4 heteroatoms. The maximum atomic E-state index is 11.9. The van der Waals surface area contributed by atoms with Crippen molar-refractivity contribution in [1.82, 2.24) is 0 Å². The Labute approximate surface area is 104 Å². The Bertz CT molecular complexity index is 508. The molecule has 17 heavy (non-hydrogen) atoms. The third-order valence-corrected chi connectivity index (χ3v) is 4.18. The summed E-state index contributed by atoms with van der Waals surface area (Å²) < 4.78 is 5.38. The minimum Gasteiger partial charge on any atom is -0.376 e. The van der Waals surface area contributed by atoms with Crippen LogP contribution in [0.3, 0.4) is 0 Å². The highest BCUT2D eigenvalue weighted by Gasteiger charge is 2.23. The largest absolute Gasteiger partial charge is 0.376 e. The molecule has 1 aromatic rings. The van der Waals surface area contributed by atoms with Gasteiger partial charge in [-0.3, -0.25) is 9.59 Å². The average molecular weight is 248 g/mol. The van der Waals surface area contributed by atoms with E-state index in [1.54, 1.807) is 11.8 Å². The van der Waals surface area contributed by atoms with Gasteiger partial charge < -0.3 is 4.74 Å². The molecular weight excluding hydrogens is 236 g/mol. The van der Waals surface area contributed by atoms with Crippen LogP contribution in [-0.2, 0) is 11.3 Å². The standard InChI is InChI=1S/C13H12O3S/c14-11-1-3-16-7-8-5-10-12(15)2-4-17-13(10)6-9(8)11/h5-6H,1-4,7H2. The lowest BCUT2D eigenvalue weighted by Crippen LogP contribution is -2.11. The number of carbonyl (C=O) groups excluding carboxylic acids is 2.